The third kappa shape index (κ3) is 6.84. The van der Waals surface area contributed by atoms with E-state index in [0.717, 1.165) is 25.7 Å². The summed E-state index contributed by atoms with van der Waals surface area (Å²) in [5.74, 6) is -0.376. The summed E-state index contributed by atoms with van der Waals surface area (Å²) >= 11 is 1.48. The van der Waals surface area contributed by atoms with E-state index in [1.54, 1.807) is 0 Å². The van der Waals surface area contributed by atoms with Gasteiger partial charge >= 0.3 is 5.97 Å². The van der Waals surface area contributed by atoms with Crippen LogP contribution in [0, 0.1) is 0 Å². The van der Waals surface area contributed by atoms with E-state index in [-0.39, 0.29) is 23.1 Å². The lowest BCUT2D eigenvalue weighted by Gasteiger charge is -2.21. The second-order valence-electron chi connectivity index (χ2n) is 5.58. The first-order valence-corrected chi connectivity index (χ1v) is 9.16. The molecule has 4 atom stereocenters. The van der Waals surface area contributed by atoms with E-state index in [9.17, 15) is 9.18 Å². The number of alkyl halides is 1. The van der Waals surface area contributed by atoms with Gasteiger partial charge in [0.15, 0.2) is 0 Å². The van der Waals surface area contributed by atoms with Crippen LogP contribution in [0.1, 0.15) is 46.5 Å². The Morgan fingerprint density at radius 3 is 2.41 bits per heavy atom. The van der Waals surface area contributed by atoms with Crippen molar-refractivity contribution in [2.45, 2.75) is 69.2 Å². The van der Waals surface area contributed by atoms with Crippen molar-refractivity contribution in [2.24, 2.45) is 0 Å². The molecule has 130 valence electrons. The maximum atomic E-state index is 14.6. The quantitative estimate of drug-likeness (QED) is 0.427. The molecule has 0 aliphatic carbocycles. The standard InChI is InChI=1S/C16H29FO4S/c1-4-6-8-19-10-14-16(20-9-7-5-2)15(17)13(22-14)11-21-12(3)18/h13-16H,4-11H2,1-3H3/t13?,14-,15-,16-/m1/s1. The molecule has 1 aliphatic heterocycles. The molecule has 1 fully saturated rings. The van der Waals surface area contributed by atoms with Crippen LogP contribution in [0.25, 0.3) is 0 Å². The van der Waals surface area contributed by atoms with Gasteiger partial charge in [-0.2, -0.15) is 0 Å². The lowest BCUT2D eigenvalue weighted by Crippen LogP contribution is -2.35. The van der Waals surface area contributed by atoms with Crippen molar-refractivity contribution >= 4 is 17.7 Å². The van der Waals surface area contributed by atoms with Crippen molar-refractivity contribution in [1.82, 2.24) is 0 Å². The van der Waals surface area contributed by atoms with Gasteiger partial charge in [0.05, 0.1) is 17.1 Å². The summed E-state index contributed by atoms with van der Waals surface area (Å²) in [6.45, 7) is 7.37. The second kappa shape index (κ2) is 11.2. The first-order valence-electron chi connectivity index (χ1n) is 8.22. The predicted molar refractivity (Wildman–Crippen MR) is 87.1 cm³/mol. The van der Waals surface area contributed by atoms with Gasteiger partial charge < -0.3 is 14.2 Å². The zero-order valence-electron chi connectivity index (χ0n) is 13.9. The summed E-state index contributed by atoms with van der Waals surface area (Å²) < 4.78 is 30.9. The molecule has 0 N–H and O–H groups in total. The molecule has 1 rings (SSSR count). The SMILES string of the molecule is CCCCOC[C@H]1SC(COC(C)=O)[C@@H](F)[C@@H]1OCCCC. The van der Waals surface area contributed by atoms with Crippen molar-refractivity contribution in [3.63, 3.8) is 0 Å². The van der Waals surface area contributed by atoms with E-state index in [2.05, 4.69) is 13.8 Å². The molecule has 0 amide bonds. The maximum absolute atomic E-state index is 14.6. The summed E-state index contributed by atoms with van der Waals surface area (Å²) in [6.07, 6.45) is 2.43. The number of halogens is 1. The van der Waals surface area contributed by atoms with Gasteiger partial charge in [-0.1, -0.05) is 26.7 Å². The molecule has 1 saturated heterocycles. The highest BCUT2D eigenvalue weighted by molar-refractivity contribution is 8.01. The third-order valence-electron chi connectivity index (χ3n) is 3.57. The summed E-state index contributed by atoms with van der Waals surface area (Å²) in [7, 11) is 0. The van der Waals surface area contributed by atoms with Gasteiger partial charge in [0, 0.05) is 20.1 Å². The van der Waals surface area contributed by atoms with Crippen molar-refractivity contribution < 1.29 is 23.4 Å². The van der Waals surface area contributed by atoms with Crippen molar-refractivity contribution in [2.75, 3.05) is 26.4 Å². The van der Waals surface area contributed by atoms with Crippen LogP contribution in [0.15, 0.2) is 0 Å². The molecular weight excluding hydrogens is 307 g/mol. The van der Waals surface area contributed by atoms with E-state index < -0.39 is 12.3 Å². The number of ether oxygens (including phenoxy) is 3. The lowest BCUT2D eigenvalue weighted by molar-refractivity contribution is -0.141. The summed E-state index contributed by atoms with van der Waals surface area (Å²) in [5, 5.41) is -0.403. The van der Waals surface area contributed by atoms with Crippen LogP contribution in [0.3, 0.4) is 0 Å². The van der Waals surface area contributed by atoms with E-state index >= 15 is 0 Å². The average Bonchev–Trinajstić information content (AvgIpc) is 2.78. The molecule has 0 aromatic heterocycles. The third-order valence-corrected chi connectivity index (χ3v) is 5.07. The normalized spacial score (nSPS) is 28.0. The molecule has 1 aliphatic rings. The van der Waals surface area contributed by atoms with Gasteiger partial charge in [0.25, 0.3) is 0 Å². The molecular formula is C16H29FO4S. The van der Waals surface area contributed by atoms with Crippen LogP contribution in [0.2, 0.25) is 0 Å². The Morgan fingerprint density at radius 1 is 1.09 bits per heavy atom. The molecule has 1 heterocycles. The molecule has 4 nitrogen and oxygen atoms in total. The highest BCUT2D eigenvalue weighted by atomic mass is 32.2. The Kier molecular flexibility index (Phi) is 10.1. The van der Waals surface area contributed by atoms with Gasteiger partial charge in [-0.25, -0.2) is 4.39 Å². The number of rotatable bonds is 11. The first kappa shape index (κ1) is 19.7. The molecule has 1 unspecified atom stereocenters. The van der Waals surface area contributed by atoms with Crippen molar-refractivity contribution in [1.29, 1.82) is 0 Å². The Balaban J connectivity index is 2.49. The molecule has 0 radical (unpaired) electrons. The Hall–Kier alpha value is -0.330. The zero-order chi connectivity index (χ0) is 16.4. The lowest BCUT2D eigenvalue weighted by atomic mass is 10.1. The highest BCUT2D eigenvalue weighted by Crippen LogP contribution is 2.38. The van der Waals surface area contributed by atoms with Crippen molar-refractivity contribution in [3.05, 3.63) is 0 Å². The molecule has 0 spiro atoms. The van der Waals surface area contributed by atoms with Gasteiger partial charge in [0.1, 0.15) is 18.9 Å². The van der Waals surface area contributed by atoms with Crippen LogP contribution in [-0.4, -0.2) is 55.2 Å². The second-order valence-corrected chi connectivity index (χ2v) is 7.06. The Bertz CT molecular complexity index is 317. The maximum Gasteiger partial charge on any atom is 0.302 e. The average molecular weight is 336 g/mol. The zero-order valence-corrected chi connectivity index (χ0v) is 14.7. The minimum Gasteiger partial charge on any atom is -0.465 e. The summed E-state index contributed by atoms with van der Waals surface area (Å²) in [6, 6.07) is 0. The van der Waals surface area contributed by atoms with Gasteiger partial charge in [-0.3, -0.25) is 4.79 Å². The highest BCUT2D eigenvalue weighted by Gasteiger charge is 2.45. The van der Waals surface area contributed by atoms with Crippen LogP contribution in [0.4, 0.5) is 4.39 Å². The smallest absolute Gasteiger partial charge is 0.302 e. The van der Waals surface area contributed by atoms with Crippen LogP contribution >= 0.6 is 11.8 Å². The Morgan fingerprint density at radius 2 is 1.77 bits per heavy atom. The van der Waals surface area contributed by atoms with Gasteiger partial charge in [-0.05, 0) is 12.8 Å². The van der Waals surface area contributed by atoms with Crippen molar-refractivity contribution in [3.8, 4) is 0 Å². The molecule has 22 heavy (non-hydrogen) atoms. The van der Waals surface area contributed by atoms with E-state index in [1.807, 2.05) is 0 Å². The molecule has 0 aromatic rings. The number of unbranched alkanes of at least 4 members (excludes halogenated alkanes) is 2. The monoisotopic (exact) mass is 336 g/mol. The van der Waals surface area contributed by atoms with E-state index in [4.69, 9.17) is 14.2 Å². The molecule has 0 aromatic carbocycles. The number of esters is 1. The minimum atomic E-state index is -1.12. The van der Waals surface area contributed by atoms with E-state index in [0.29, 0.717) is 19.8 Å². The van der Waals surface area contributed by atoms with E-state index in [1.165, 1.54) is 18.7 Å². The number of hydrogen-bond donors (Lipinski definition) is 0. The van der Waals surface area contributed by atoms with Crippen LogP contribution < -0.4 is 0 Å². The molecule has 6 heteroatoms. The first-order chi connectivity index (χ1) is 10.6. The Labute approximate surface area is 137 Å². The molecule has 0 saturated carbocycles. The number of carbonyl (C=O) groups excluding carboxylic acids is 1. The minimum absolute atomic E-state index is 0.0377. The molecule has 0 bridgehead atoms. The number of hydrogen-bond acceptors (Lipinski definition) is 5. The topological polar surface area (TPSA) is 44.8 Å². The summed E-state index contributed by atoms with van der Waals surface area (Å²) in [4.78, 5) is 10.9. The fraction of sp³-hybridized carbons (Fsp3) is 0.938. The fourth-order valence-corrected chi connectivity index (χ4v) is 3.73. The largest absolute Gasteiger partial charge is 0.465 e. The van der Waals surface area contributed by atoms with Gasteiger partial charge in [-0.15, -0.1) is 11.8 Å². The number of carbonyl (C=O) groups is 1. The van der Waals surface area contributed by atoms with Crippen LogP contribution in [0.5, 0.6) is 0 Å². The van der Waals surface area contributed by atoms with Gasteiger partial charge in [0.2, 0.25) is 0 Å². The van der Waals surface area contributed by atoms with Crippen LogP contribution in [-0.2, 0) is 19.0 Å². The summed E-state index contributed by atoms with van der Waals surface area (Å²) in [5.41, 5.74) is 0. The predicted octanol–water partition coefficient (Wildman–Crippen LogP) is 3.37. The number of thioether (sulfide) groups is 1. The fourth-order valence-electron chi connectivity index (χ4n) is 2.27.